The first-order valence-corrected chi connectivity index (χ1v) is 4.69. The third kappa shape index (κ3) is 2.48. The van der Waals surface area contributed by atoms with E-state index in [1.165, 1.54) is 6.42 Å². The van der Waals surface area contributed by atoms with Gasteiger partial charge in [0.25, 0.3) is 0 Å². The smallest absolute Gasteiger partial charge is 0.306 e. The molecule has 3 heteroatoms. The van der Waals surface area contributed by atoms with Crippen molar-refractivity contribution >= 4 is 5.97 Å². The molecule has 0 bridgehead atoms. The number of likely N-dealkylation sites (tertiary alicyclic amines) is 1. The van der Waals surface area contributed by atoms with Crippen molar-refractivity contribution in [2.24, 2.45) is 5.92 Å². The molecule has 12 heavy (non-hydrogen) atoms. The fraction of sp³-hybridized carbons (Fsp3) is 0.889. The molecule has 0 saturated carbocycles. The number of carboxylic acids is 1. The Labute approximate surface area is 73.4 Å². The Hall–Kier alpha value is -0.570. The van der Waals surface area contributed by atoms with Gasteiger partial charge < -0.3 is 10.0 Å². The lowest BCUT2D eigenvalue weighted by Gasteiger charge is -2.31. The number of hydrogen-bond donors (Lipinski definition) is 1. The Kier molecular flexibility index (Phi) is 3.53. The third-order valence-corrected chi connectivity index (χ3v) is 2.58. The molecule has 1 atom stereocenters. The molecule has 0 aliphatic carbocycles. The normalized spacial score (nSPS) is 20.1. The summed E-state index contributed by atoms with van der Waals surface area (Å²) in [5.41, 5.74) is 0. The van der Waals surface area contributed by atoms with Gasteiger partial charge >= 0.3 is 5.97 Å². The fourth-order valence-corrected chi connectivity index (χ4v) is 1.45. The molecule has 0 aromatic carbocycles. The highest BCUT2D eigenvalue weighted by Gasteiger charge is 2.19. The molecule has 1 aliphatic heterocycles. The van der Waals surface area contributed by atoms with E-state index in [-0.39, 0.29) is 5.92 Å². The Morgan fingerprint density at radius 2 is 2.25 bits per heavy atom. The number of aliphatic carboxylic acids is 1. The first-order chi connectivity index (χ1) is 5.74. The average Bonchev–Trinajstić information content (AvgIpc) is 1.93. The molecule has 0 amide bonds. The number of hydrogen-bond acceptors (Lipinski definition) is 2. The molecule has 1 fully saturated rings. The van der Waals surface area contributed by atoms with Crippen LogP contribution in [0.5, 0.6) is 0 Å². The first kappa shape index (κ1) is 9.52. The van der Waals surface area contributed by atoms with E-state index >= 15 is 0 Å². The van der Waals surface area contributed by atoms with Crippen LogP contribution in [0.1, 0.15) is 26.2 Å². The number of carbonyl (C=O) groups is 1. The molecule has 1 rings (SSSR count). The van der Waals surface area contributed by atoms with Crippen molar-refractivity contribution in [2.75, 3.05) is 19.6 Å². The zero-order valence-corrected chi connectivity index (χ0v) is 7.62. The van der Waals surface area contributed by atoms with Gasteiger partial charge in [-0.3, -0.25) is 4.79 Å². The maximum atomic E-state index is 10.6. The molecule has 1 N–H and O–H groups in total. The van der Waals surface area contributed by atoms with E-state index in [4.69, 9.17) is 5.11 Å². The predicted octanol–water partition coefficient (Wildman–Crippen LogP) is 1.19. The molecule has 1 saturated heterocycles. The van der Waals surface area contributed by atoms with Gasteiger partial charge in [0.05, 0.1) is 5.92 Å². The molecule has 0 aromatic rings. The van der Waals surface area contributed by atoms with E-state index in [9.17, 15) is 4.79 Å². The summed E-state index contributed by atoms with van der Waals surface area (Å²) in [6, 6.07) is 0. The second kappa shape index (κ2) is 4.45. The monoisotopic (exact) mass is 171 g/mol. The van der Waals surface area contributed by atoms with E-state index < -0.39 is 5.97 Å². The van der Waals surface area contributed by atoms with Crippen LogP contribution < -0.4 is 0 Å². The zero-order valence-electron chi connectivity index (χ0n) is 7.62. The van der Waals surface area contributed by atoms with Crippen molar-refractivity contribution < 1.29 is 9.90 Å². The summed E-state index contributed by atoms with van der Waals surface area (Å²) in [6.45, 7) is 5.23. The molecule has 0 spiro atoms. The van der Waals surface area contributed by atoms with Crippen LogP contribution in [0.25, 0.3) is 0 Å². The second-order valence-corrected chi connectivity index (χ2v) is 3.43. The Balaban J connectivity index is 2.13. The minimum Gasteiger partial charge on any atom is -0.481 e. The van der Waals surface area contributed by atoms with Crippen LogP contribution in [0, 0.1) is 5.92 Å². The minimum absolute atomic E-state index is 0.134. The summed E-state index contributed by atoms with van der Waals surface area (Å²) < 4.78 is 0. The van der Waals surface area contributed by atoms with Gasteiger partial charge in [0, 0.05) is 0 Å². The maximum Gasteiger partial charge on any atom is 0.306 e. The SMILES string of the molecule is CCC(CCN1CCC1)C(=O)O. The van der Waals surface area contributed by atoms with Gasteiger partial charge in [-0.25, -0.2) is 0 Å². The van der Waals surface area contributed by atoms with Crippen molar-refractivity contribution in [2.45, 2.75) is 26.2 Å². The van der Waals surface area contributed by atoms with Crippen LogP contribution in [-0.2, 0) is 4.79 Å². The lowest BCUT2D eigenvalue weighted by atomic mass is 10.0. The van der Waals surface area contributed by atoms with Crippen LogP contribution >= 0.6 is 0 Å². The van der Waals surface area contributed by atoms with Crippen molar-refractivity contribution in [3.05, 3.63) is 0 Å². The quantitative estimate of drug-likeness (QED) is 0.675. The minimum atomic E-state index is -0.641. The van der Waals surface area contributed by atoms with E-state index in [0.717, 1.165) is 32.5 Å². The topological polar surface area (TPSA) is 40.5 Å². The molecule has 70 valence electrons. The fourth-order valence-electron chi connectivity index (χ4n) is 1.45. The van der Waals surface area contributed by atoms with Crippen LogP contribution in [0.2, 0.25) is 0 Å². The summed E-state index contributed by atoms with van der Waals surface area (Å²) in [6.07, 6.45) is 2.85. The number of rotatable bonds is 5. The van der Waals surface area contributed by atoms with Crippen LogP contribution in [0.15, 0.2) is 0 Å². The van der Waals surface area contributed by atoms with Crippen molar-refractivity contribution in [3.63, 3.8) is 0 Å². The predicted molar refractivity (Wildman–Crippen MR) is 47.1 cm³/mol. The van der Waals surface area contributed by atoms with E-state index in [1.54, 1.807) is 0 Å². The number of carboxylic acid groups (broad SMARTS) is 1. The highest BCUT2D eigenvalue weighted by molar-refractivity contribution is 5.69. The Morgan fingerprint density at radius 3 is 2.58 bits per heavy atom. The average molecular weight is 171 g/mol. The molecule has 3 nitrogen and oxygen atoms in total. The second-order valence-electron chi connectivity index (χ2n) is 3.43. The van der Waals surface area contributed by atoms with Gasteiger partial charge in [-0.15, -0.1) is 0 Å². The summed E-state index contributed by atoms with van der Waals surface area (Å²) in [4.78, 5) is 12.9. The van der Waals surface area contributed by atoms with E-state index in [1.807, 2.05) is 6.92 Å². The highest BCUT2D eigenvalue weighted by Crippen LogP contribution is 2.12. The molecule has 1 aliphatic rings. The molecular formula is C9H17NO2. The van der Waals surface area contributed by atoms with Crippen molar-refractivity contribution in [1.82, 2.24) is 4.90 Å². The maximum absolute atomic E-state index is 10.6. The molecule has 1 heterocycles. The van der Waals surface area contributed by atoms with Gasteiger partial charge in [0.1, 0.15) is 0 Å². The summed E-state index contributed by atoms with van der Waals surface area (Å²) in [5.74, 6) is -0.774. The third-order valence-electron chi connectivity index (χ3n) is 2.58. The molecular weight excluding hydrogens is 154 g/mol. The van der Waals surface area contributed by atoms with Crippen molar-refractivity contribution in [3.8, 4) is 0 Å². The summed E-state index contributed by atoms with van der Waals surface area (Å²) in [5, 5.41) is 8.76. The molecule has 0 aromatic heterocycles. The largest absolute Gasteiger partial charge is 0.481 e. The first-order valence-electron chi connectivity index (χ1n) is 4.69. The van der Waals surface area contributed by atoms with Crippen LogP contribution in [0.4, 0.5) is 0 Å². The lowest BCUT2D eigenvalue weighted by Crippen LogP contribution is -2.38. The Bertz CT molecular complexity index is 155. The zero-order chi connectivity index (χ0) is 8.97. The van der Waals surface area contributed by atoms with E-state index in [0.29, 0.717) is 0 Å². The van der Waals surface area contributed by atoms with Gasteiger partial charge in [0.15, 0.2) is 0 Å². The lowest BCUT2D eigenvalue weighted by molar-refractivity contribution is -0.142. The van der Waals surface area contributed by atoms with Crippen molar-refractivity contribution in [1.29, 1.82) is 0 Å². The number of nitrogens with zero attached hydrogens (tertiary/aromatic N) is 1. The van der Waals surface area contributed by atoms with Gasteiger partial charge in [0.2, 0.25) is 0 Å². The highest BCUT2D eigenvalue weighted by atomic mass is 16.4. The Morgan fingerprint density at radius 1 is 1.58 bits per heavy atom. The van der Waals surface area contributed by atoms with Gasteiger partial charge in [-0.05, 0) is 38.9 Å². The molecule has 1 unspecified atom stereocenters. The van der Waals surface area contributed by atoms with Crippen LogP contribution in [0.3, 0.4) is 0 Å². The summed E-state index contributed by atoms with van der Waals surface area (Å²) in [7, 11) is 0. The van der Waals surface area contributed by atoms with Gasteiger partial charge in [-0.1, -0.05) is 6.92 Å². The van der Waals surface area contributed by atoms with E-state index in [2.05, 4.69) is 4.90 Å². The molecule has 0 radical (unpaired) electrons. The van der Waals surface area contributed by atoms with Gasteiger partial charge in [-0.2, -0.15) is 0 Å². The summed E-state index contributed by atoms with van der Waals surface area (Å²) >= 11 is 0. The standard InChI is InChI=1S/C9H17NO2/c1-2-8(9(11)12)4-7-10-5-3-6-10/h8H,2-7H2,1H3,(H,11,12). The van der Waals surface area contributed by atoms with Crippen LogP contribution in [-0.4, -0.2) is 35.6 Å².